The molecular weight excluding hydrogens is 412 g/mol. The van der Waals surface area contributed by atoms with Crippen molar-refractivity contribution in [1.82, 2.24) is 5.43 Å². The number of ether oxygens (including phenoxy) is 3. The van der Waals surface area contributed by atoms with E-state index < -0.39 is 0 Å². The highest BCUT2D eigenvalue weighted by atomic mass is 16.5. The summed E-state index contributed by atoms with van der Waals surface area (Å²) in [5, 5.41) is 30.6. The Kier molecular flexibility index (Phi) is 5.41. The molecule has 4 rings (SSSR count). The molecule has 1 N–H and O–H groups in total. The lowest BCUT2D eigenvalue weighted by atomic mass is 9.99. The lowest BCUT2D eigenvalue weighted by Gasteiger charge is -2.17. The minimum Gasteiger partial charge on any atom is -0.618 e. The Bertz CT molecular complexity index is 1230. The van der Waals surface area contributed by atoms with Gasteiger partial charge in [0.1, 0.15) is 5.71 Å². The number of aryl methyl sites for hydroxylation is 2. The predicted octanol–water partition coefficient (Wildman–Crippen LogP) is 2.50. The van der Waals surface area contributed by atoms with Crippen LogP contribution in [0.25, 0.3) is 11.0 Å². The standard InChI is InChI=1S/C23H26N4O5/c1-12-7-18-19(8-13(12)2)27(29)22(14(3)26(18)28)17-11-16(24-25-17)15-9-20(30-4)23(32-6)21(10-15)31-5/h7-10,16,24H,11H2,1-6H3. The Balaban J connectivity index is 1.75. The van der Waals surface area contributed by atoms with Crippen molar-refractivity contribution in [3.63, 3.8) is 0 Å². The summed E-state index contributed by atoms with van der Waals surface area (Å²) in [6.45, 7) is 5.47. The molecule has 9 heteroatoms. The van der Waals surface area contributed by atoms with Gasteiger partial charge in [-0.25, -0.2) is 0 Å². The largest absolute Gasteiger partial charge is 0.618 e. The van der Waals surface area contributed by atoms with Gasteiger partial charge in [-0.1, -0.05) is 0 Å². The third-order valence-electron chi connectivity index (χ3n) is 5.99. The summed E-state index contributed by atoms with van der Waals surface area (Å²) in [5.41, 5.74) is 7.58. The lowest BCUT2D eigenvalue weighted by Crippen LogP contribution is -2.46. The average molecular weight is 438 g/mol. The van der Waals surface area contributed by atoms with E-state index in [1.165, 1.54) is 0 Å². The van der Waals surface area contributed by atoms with Crippen LogP contribution in [0, 0.1) is 31.2 Å². The van der Waals surface area contributed by atoms with Crippen LogP contribution >= 0.6 is 0 Å². The second-order valence-electron chi connectivity index (χ2n) is 7.85. The van der Waals surface area contributed by atoms with Crippen LogP contribution in [0.4, 0.5) is 0 Å². The highest BCUT2D eigenvalue weighted by Crippen LogP contribution is 2.41. The van der Waals surface area contributed by atoms with E-state index in [1.807, 2.05) is 26.0 Å². The van der Waals surface area contributed by atoms with Crippen LogP contribution in [0.2, 0.25) is 0 Å². The third-order valence-corrected chi connectivity index (χ3v) is 5.99. The second kappa shape index (κ2) is 8.07. The van der Waals surface area contributed by atoms with Gasteiger partial charge in [-0.05, 0) is 42.7 Å². The van der Waals surface area contributed by atoms with Crippen LogP contribution in [0.3, 0.4) is 0 Å². The van der Waals surface area contributed by atoms with Crippen molar-refractivity contribution in [2.75, 3.05) is 21.3 Å². The Hall–Kier alpha value is -3.75. The van der Waals surface area contributed by atoms with Crippen molar-refractivity contribution in [2.24, 2.45) is 5.10 Å². The van der Waals surface area contributed by atoms with Gasteiger partial charge in [0, 0.05) is 25.5 Å². The number of hydrogen-bond acceptors (Lipinski definition) is 7. The molecule has 0 saturated heterocycles. The predicted molar refractivity (Wildman–Crippen MR) is 119 cm³/mol. The molecule has 9 nitrogen and oxygen atoms in total. The topological polar surface area (TPSA) is 106 Å². The van der Waals surface area contributed by atoms with Gasteiger partial charge < -0.3 is 30.1 Å². The molecule has 2 aromatic carbocycles. The first-order valence-electron chi connectivity index (χ1n) is 10.2. The molecule has 0 fully saturated rings. The minimum absolute atomic E-state index is 0.228. The summed E-state index contributed by atoms with van der Waals surface area (Å²) in [6.07, 6.45) is 0.415. The summed E-state index contributed by atoms with van der Waals surface area (Å²) in [6, 6.07) is 6.95. The molecule has 0 radical (unpaired) electrons. The number of nitrogens with zero attached hydrogens (tertiary/aromatic N) is 3. The summed E-state index contributed by atoms with van der Waals surface area (Å²) in [4.78, 5) is 0. The van der Waals surface area contributed by atoms with Crippen LogP contribution in [-0.4, -0.2) is 27.0 Å². The van der Waals surface area contributed by atoms with E-state index in [1.54, 1.807) is 40.4 Å². The molecule has 0 spiro atoms. The second-order valence-corrected chi connectivity index (χ2v) is 7.85. The monoisotopic (exact) mass is 438 g/mol. The Labute approximate surface area is 186 Å². The van der Waals surface area contributed by atoms with E-state index in [0.717, 1.165) is 26.2 Å². The molecule has 1 aliphatic rings. The Morgan fingerprint density at radius 1 is 0.875 bits per heavy atom. The molecule has 2 heterocycles. The molecule has 0 saturated carbocycles. The van der Waals surface area contributed by atoms with Crippen molar-refractivity contribution in [2.45, 2.75) is 33.2 Å². The lowest BCUT2D eigenvalue weighted by molar-refractivity contribution is -0.634. The fourth-order valence-electron chi connectivity index (χ4n) is 4.07. The van der Waals surface area contributed by atoms with E-state index in [9.17, 15) is 10.4 Å². The van der Waals surface area contributed by atoms with E-state index in [4.69, 9.17) is 14.2 Å². The summed E-state index contributed by atoms with van der Waals surface area (Å²) in [7, 11) is 4.66. The number of methoxy groups -OCH3 is 3. The van der Waals surface area contributed by atoms with Crippen molar-refractivity contribution in [1.29, 1.82) is 0 Å². The van der Waals surface area contributed by atoms with Gasteiger partial charge >= 0.3 is 5.69 Å². The van der Waals surface area contributed by atoms with E-state index >= 15 is 0 Å². The maximum Gasteiger partial charge on any atom is 0.309 e. The highest BCUT2D eigenvalue weighted by molar-refractivity contribution is 6.00. The number of rotatable bonds is 5. The van der Waals surface area contributed by atoms with Crippen molar-refractivity contribution in [3.05, 3.63) is 62.8 Å². The Morgan fingerprint density at radius 2 is 1.44 bits per heavy atom. The van der Waals surface area contributed by atoms with Gasteiger partial charge in [0.15, 0.2) is 11.5 Å². The molecule has 1 atom stereocenters. The molecule has 0 bridgehead atoms. The molecule has 1 aromatic heterocycles. The maximum absolute atomic E-state index is 13.3. The number of hydrazone groups is 1. The zero-order valence-corrected chi connectivity index (χ0v) is 19.0. The van der Waals surface area contributed by atoms with Gasteiger partial charge in [-0.2, -0.15) is 14.6 Å². The molecule has 1 unspecified atom stereocenters. The van der Waals surface area contributed by atoms with Gasteiger partial charge in [0.05, 0.1) is 27.4 Å². The van der Waals surface area contributed by atoms with Gasteiger partial charge in [-0.15, -0.1) is 0 Å². The first kappa shape index (κ1) is 21.5. The molecular formula is C23H26N4O5. The molecule has 168 valence electrons. The fourth-order valence-corrected chi connectivity index (χ4v) is 4.07. The zero-order valence-electron chi connectivity index (χ0n) is 19.0. The molecule has 0 aliphatic carbocycles. The summed E-state index contributed by atoms with van der Waals surface area (Å²) < 4.78 is 17.9. The number of hydrogen-bond donors (Lipinski definition) is 1. The SMILES string of the molecule is COc1cc(C2CC(c3c(C)[n+]([O-])c4cc(C)c(C)cc4[n+]3[O-])=NN2)cc(OC)c1OC. The molecule has 1 aliphatic heterocycles. The van der Waals surface area contributed by atoms with Crippen LogP contribution in [0.5, 0.6) is 17.2 Å². The van der Waals surface area contributed by atoms with Gasteiger partial charge in [0.2, 0.25) is 5.75 Å². The third kappa shape index (κ3) is 3.30. The zero-order chi connectivity index (χ0) is 23.2. The quantitative estimate of drug-likeness (QED) is 0.485. The van der Waals surface area contributed by atoms with Crippen molar-refractivity contribution >= 4 is 16.7 Å². The maximum atomic E-state index is 13.3. The Morgan fingerprint density at radius 3 is 1.97 bits per heavy atom. The van der Waals surface area contributed by atoms with Crippen molar-refractivity contribution in [3.8, 4) is 17.2 Å². The summed E-state index contributed by atoms with van der Waals surface area (Å²) >= 11 is 0. The van der Waals surface area contributed by atoms with E-state index in [0.29, 0.717) is 46.1 Å². The number of nitrogens with one attached hydrogen (secondary N) is 1. The van der Waals surface area contributed by atoms with Crippen molar-refractivity contribution < 1.29 is 23.7 Å². The van der Waals surface area contributed by atoms with Gasteiger partial charge in [-0.3, -0.25) is 0 Å². The average Bonchev–Trinajstić information content (AvgIpc) is 3.27. The number of benzene rings is 2. The number of fused-ring (bicyclic) bond motifs is 1. The first-order valence-corrected chi connectivity index (χ1v) is 10.2. The van der Waals surface area contributed by atoms with E-state index in [2.05, 4.69) is 10.5 Å². The minimum atomic E-state index is -0.228. The molecule has 3 aromatic rings. The highest BCUT2D eigenvalue weighted by Gasteiger charge is 2.34. The first-order chi connectivity index (χ1) is 15.3. The fraction of sp³-hybridized carbons (Fsp3) is 0.348. The van der Waals surface area contributed by atoms with Crippen LogP contribution in [0.1, 0.15) is 40.5 Å². The van der Waals surface area contributed by atoms with Crippen LogP contribution in [0.15, 0.2) is 29.4 Å². The van der Waals surface area contributed by atoms with Crippen LogP contribution in [-0.2, 0) is 0 Å². The van der Waals surface area contributed by atoms with E-state index in [-0.39, 0.29) is 11.7 Å². The number of aromatic nitrogens is 2. The molecule has 32 heavy (non-hydrogen) atoms. The van der Waals surface area contributed by atoms with Crippen LogP contribution < -0.4 is 29.1 Å². The normalized spacial score (nSPS) is 15.4. The summed E-state index contributed by atoms with van der Waals surface area (Å²) in [5.74, 6) is 1.56. The van der Waals surface area contributed by atoms with Gasteiger partial charge in [0.25, 0.3) is 16.7 Å². The smallest absolute Gasteiger partial charge is 0.309 e. The molecule has 0 amide bonds.